The Morgan fingerprint density at radius 1 is 1.18 bits per heavy atom. The number of carbonyl (C=O) groups is 1. The number of benzene rings is 2. The van der Waals surface area contributed by atoms with Crippen LogP contribution in [0.15, 0.2) is 42.5 Å². The third-order valence-corrected chi connectivity index (χ3v) is 3.37. The number of hydrogen-bond donors (Lipinski definition) is 1. The Labute approximate surface area is 138 Å². The van der Waals surface area contributed by atoms with E-state index in [1.54, 1.807) is 24.3 Å². The highest BCUT2D eigenvalue weighted by molar-refractivity contribution is 6.32. The predicted molar refractivity (Wildman–Crippen MR) is 85.0 cm³/mol. The summed E-state index contributed by atoms with van der Waals surface area (Å²) in [5.74, 6) is 0.0951. The molecule has 2 aromatic carbocycles. The van der Waals surface area contributed by atoms with Crippen LogP contribution >= 0.6 is 23.2 Å². The molecule has 0 radical (unpaired) electrons. The monoisotopic (exact) mass is 334 g/mol. The average Bonchev–Trinajstić information content (AvgIpc) is 2.53. The van der Waals surface area contributed by atoms with Crippen LogP contribution in [0, 0.1) is 11.3 Å². The van der Waals surface area contributed by atoms with Gasteiger partial charge in [0, 0.05) is 11.6 Å². The van der Waals surface area contributed by atoms with Crippen LogP contribution in [-0.4, -0.2) is 12.5 Å². The molecule has 0 saturated heterocycles. The van der Waals surface area contributed by atoms with Crippen molar-refractivity contribution >= 4 is 29.1 Å². The lowest BCUT2D eigenvalue weighted by Gasteiger charge is -2.09. The van der Waals surface area contributed by atoms with Crippen molar-refractivity contribution in [3.63, 3.8) is 0 Å². The number of rotatable bonds is 5. The van der Waals surface area contributed by atoms with Crippen LogP contribution in [0.1, 0.15) is 11.1 Å². The lowest BCUT2D eigenvalue weighted by molar-refractivity contribution is -0.123. The number of nitrogens with zero attached hydrogens (tertiary/aromatic N) is 1. The molecule has 0 aliphatic heterocycles. The first kappa shape index (κ1) is 16.2. The van der Waals surface area contributed by atoms with Crippen molar-refractivity contribution in [2.45, 2.75) is 6.54 Å². The van der Waals surface area contributed by atoms with Gasteiger partial charge in [-0.1, -0.05) is 35.3 Å². The molecule has 6 heteroatoms. The van der Waals surface area contributed by atoms with Crippen molar-refractivity contribution in [3.05, 3.63) is 63.6 Å². The van der Waals surface area contributed by atoms with E-state index in [1.807, 2.05) is 18.2 Å². The molecule has 2 rings (SSSR count). The Kier molecular flexibility index (Phi) is 5.65. The van der Waals surface area contributed by atoms with E-state index in [9.17, 15) is 4.79 Å². The molecule has 4 nitrogen and oxygen atoms in total. The summed E-state index contributed by atoms with van der Waals surface area (Å²) in [6, 6.07) is 13.8. The van der Waals surface area contributed by atoms with E-state index in [4.69, 9.17) is 33.2 Å². The molecule has 0 spiro atoms. The number of ether oxygens (including phenoxy) is 1. The number of halogens is 2. The topological polar surface area (TPSA) is 62.1 Å². The Balaban J connectivity index is 1.83. The van der Waals surface area contributed by atoms with Crippen molar-refractivity contribution in [3.8, 4) is 11.8 Å². The molecular weight excluding hydrogens is 323 g/mol. The number of nitrogens with one attached hydrogen (secondary N) is 1. The molecule has 0 atom stereocenters. The largest absolute Gasteiger partial charge is 0.482 e. The summed E-state index contributed by atoms with van der Waals surface area (Å²) >= 11 is 11.7. The van der Waals surface area contributed by atoms with Gasteiger partial charge in [-0.25, -0.2) is 0 Å². The Morgan fingerprint density at radius 3 is 2.55 bits per heavy atom. The zero-order chi connectivity index (χ0) is 15.9. The number of amides is 1. The van der Waals surface area contributed by atoms with Crippen molar-refractivity contribution < 1.29 is 9.53 Å². The number of hydrogen-bond acceptors (Lipinski definition) is 3. The second-order valence-electron chi connectivity index (χ2n) is 4.45. The quantitative estimate of drug-likeness (QED) is 0.909. The summed E-state index contributed by atoms with van der Waals surface area (Å²) in [6.45, 7) is 0.236. The van der Waals surface area contributed by atoms with Crippen LogP contribution < -0.4 is 10.1 Å². The summed E-state index contributed by atoms with van der Waals surface area (Å²) < 4.78 is 5.33. The summed E-state index contributed by atoms with van der Waals surface area (Å²) in [5.41, 5.74) is 1.37. The molecule has 1 N–H and O–H groups in total. The second-order valence-corrected chi connectivity index (χ2v) is 5.29. The minimum absolute atomic E-state index is 0.154. The van der Waals surface area contributed by atoms with Crippen LogP contribution in [0.2, 0.25) is 10.0 Å². The molecule has 0 aliphatic carbocycles. The van der Waals surface area contributed by atoms with Gasteiger partial charge in [-0.2, -0.15) is 5.26 Å². The van der Waals surface area contributed by atoms with Crippen molar-refractivity contribution in [2.24, 2.45) is 0 Å². The molecule has 0 saturated carbocycles. The molecule has 0 aliphatic rings. The van der Waals surface area contributed by atoms with E-state index in [1.165, 1.54) is 6.07 Å². The van der Waals surface area contributed by atoms with E-state index in [0.717, 1.165) is 5.56 Å². The molecule has 0 unspecified atom stereocenters. The van der Waals surface area contributed by atoms with Crippen molar-refractivity contribution in [2.75, 3.05) is 6.61 Å². The van der Waals surface area contributed by atoms with Gasteiger partial charge in [-0.3, -0.25) is 4.79 Å². The average molecular weight is 335 g/mol. The van der Waals surface area contributed by atoms with Crippen LogP contribution in [0.25, 0.3) is 0 Å². The van der Waals surface area contributed by atoms with Crippen molar-refractivity contribution in [1.29, 1.82) is 5.26 Å². The first-order valence-electron chi connectivity index (χ1n) is 6.42. The van der Waals surface area contributed by atoms with Gasteiger partial charge in [0.05, 0.1) is 16.7 Å². The van der Waals surface area contributed by atoms with E-state index < -0.39 is 0 Å². The highest BCUT2D eigenvalue weighted by Crippen LogP contribution is 2.25. The number of nitriles is 1. The molecule has 112 valence electrons. The molecule has 0 fully saturated rings. The van der Waals surface area contributed by atoms with Gasteiger partial charge in [0.1, 0.15) is 5.75 Å². The maximum absolute atomic E-state index is 11.7. The van der Waals surface area contributed by atoms with Crippen LogP contribution in [-0.2, 0) is 11.3 Å². The SMILES string of the molecule is N#Cc1ccc(OCC(=O)NCc2ccc(Cl)cc2)c(Cl)c1. The van der Waals surface area contributed by atoms with Crippen LogP contribution in [0.5, 0.6) is 5.75 Å². The lowest BCUT2D eigenvalue weighted by Crippen LogP contribution is -2.28. The van der Waals surface area contributed by atoms with E-state index in [0.29, 0.717) is 27.9 Å². The highest BCUT2D eigenvalue weighted by Gasteiger charge is 2.07. The van der Waals surface area contributed by atoms with Gasteiger partial charge >= 0.3 is 0 Å². The Bertz CT molecular complexity index is 709. The van der Waals surface area contributed by atoms with E-state index >= 15 is 0 Å². The molecule has 0 heterocycles. The predicted octanol–water partition coefficient (Wildman–Crippen LogP) is 3.56. The Hall–Kier alpha value is -2.22. The fourth-order valence-corrected chi connectivity index (χ4v) is 2.05. The fraction of sp³-hybridized carbons (Fsp3) is 0.125. The molecule has 2 aromatic rings. The van der Waals surface area contributed by atoms with Gasteiger partial charge in [0.15, 0.2) is 6.61 Å². The lowest BCUT2D eigenvalue weighted by atomic mass is 10.2. The zero-order valence-corrected chi connectivity index (χ0v) is 13.0. The molecular formula is C16H12Cl2N2O2. The summed E-state index contributed by atoms with van der Waals surface area (Å²) in [4.78, 5) is 11.7. The first-order valence-corrected chi connectivity index (χ1v) is 7.17. The molecule has 0 bridgehead atoms. The van der Waals surface area contributed by atoms with Gasteiger partial charge in [-0.05, 0) is 35.9 Å². The first-order chi connectivity index (χ1) is 10.6. The second kappa shape index (κ2) is 7.69. The summed E-state index contributed by atoms with van der Waals surface area (Å²) in [5, 5.41) is 12.4. The summed E-state index contributed by atoms with van der Waals surface area (Å²) in [6.07, 6.45) is 0. The fourth-order valence-electron chi connectivity index (χ4n) is 1.68. The molecule has 1 amide bonds. The third kappa shape index (κ3) is 4.66. The van der Waals surface area contributed by atoms with E-state index in [-0.39, 0.29) is 12.5 Å². The Morgan fingerprint density at radius 2 is 1.91 bits per heavy atom. The third-order valence-electron chi connectivity index (χ3n) is 2.82. The van der Waals surface area contributed by atoms with Gasteiger partial charge in [-0.15, -0.1) is 0 Å². The maximum atomic E-state index is 11.7. The van der Waals surface area contributed by atoms with Crippen LogP contribution in [0.3, 0.4) is 0 Å². The standard InChI is InChI=1S/C16H12Cl2N2O2/c17-13-4-1-11(2-5-13)9-20-16(21)10-22-15-6-3-12(8-19)7-14(15)18/h1-7H,9-10H2,(H,20,21). The van der Waals surface area contributed by atoms with Gasteiger partial charge in [0.2, 0.25) is 0 Å². The van der Waals surface area contributed by atoms with Crippen molar-refractivity contribution in [1.82, 2.24) is 5.32 Å². The zero-order valence-electron chi connectivity index (χ0n) is 11.5. The van der Waals surface area contributed by atoms with E-state index in [2.05, 4.69) is 5.32 Å². The summed E-state index contributed by atoms with van der Waals surface area (Å²) in [7, 11) is 0. The van der Waals surface area contributed by atoms with Gasteiger partial charge in [0.25, 0.3) is 5.91 Å². The smallest absolute Gasteiger partial charge is 0.258 e. The minimum Gasteiger partial charge on any atom is -0.482 e. The van der Waals surface area contributed by atoms with Crippen LogP contribution in [0.4, 0.5) is 0 Å². The molecule has 22 heavy (non-hydrogen) atoms. The molecule has 0 aromatic heterocycles. The maximum Gasteiger partial charge on any atom is 0.258 e. The normalized spacial score (nSPS) is 9.86. The number of carbonyl (C=O) groups excluding carboxylic acids is 1. The highest BCUT2D eigenvalue weighted by atomic mass is 35.5. The minimum atomic E-state index is -0.268. The van der Waals surface area contributed by atoms with Gasteiger partial charge < -0.3 is 10.1 Å².